The van der Waals surface area contributed by atoms with Crippen molar-refractivity contribution in [2.75, 3.05) is 0 Å². The lowest BCUT2D eigenvalue weighted by Crippen LogP contribution is -2.09. The fourth-order valence-corrected chi connectivity index (χ4v) is 4.24. The number of rotatable bonds is 5. The zero-order valence-electron chi connectivity index (χ0n) is 17.0. The zero-order valence-corrected chi connectivity index (χ0v) is 17.0. The van der Waals surface area contributed by atoms with Crippen molar-refractivity contribution in [1.82, 2.24) is 4.98 Å². The molecule has 1 aromatic carbocycles. The van der Waals surface area contributed by atoms with Gasteiger partial charge >= 0.3 is 5.97 Å². The number of aromatic hydroxyl groups is 1. The Kier molecular flexibility index (Phi) is 6.18. The average molecular weight is 380 g/mol. The molecule has 1 aliphatic rings. The van der Waals surface area contributed by atoms with E-state index in [1.165, 1.54) is 36.5 Å². The number of hydrogen-bond acceptors (Lipinski definition) is 3. The Morgan fingerprint density at radius 2 is 1.86 bits per heavy atom. The minimum atomic E-state index is -0.942. The van der Waals surface area contributed by atoms with E-state index in [-0.39, 0.29) is 0 Å². The summed E-state index contributed by atoms with van der Waals surface area (Å²) in [4.78, 5) is 15.7. The molecule has 1 fully saturated rings. The Morgan fingerprint density at radius 1 is 1.14 bits per heavy atom. The maximum Gasteiger partial charge on any atom is 0.328 e. The summed E-state index contributed by atoms with van der Waals surface area (Å²) in [6, 6.07) is 5.74. The van der Waals surface area contributed by atoms with E-state index in [2.05, 4.69) is 13.8 Å². The van der Waals surface area contributed by atoms with Crippen LogP contribution in [0, 0.1) is 20.8 Å². The molecule has 0 radical (unpaired) electrons. The maximum absolute atomic E-state index is 10.8. The van der Waals surface area contributed by atoms with Crippen LogP contribution in [0.1, 0.15) is 77.2 Å². The van der Waals surface area contributed by atoms with Crippen LogP contribution in [-0.2, 0) is 11.2 Å². The molecule has 0 saturated heterocycles. The van der Waals surface area contributed by atoms with Crippen LogP contribution in [0.25, 0.3) is 6.08 Å². The summed E-state index contributed by atoms with van der Waals surface area (Å²) >= 11 is 0. The molecule has 4 nitrogen and oxygen atoms in total. The van der Waals surface area contributed by atoms with Gasteiger partial charge in [-0.3, -0.25) is 4.98 Å². The van der Waals surface area contributed by atoms with E-state index in [0.29, 0.717) is 18.1 Å². The first-order valence-corrected chi connectivity index (χ1v) is 10.1. The molecule has 0 amide bonds. The maximum atomic E-state index is 10.8. The Bertz CT molecular complexity index is 909. The van der Waals surface area contributed by atoms with Gasteiger partial charge in [0.05, 0.1) is 5.69 Å². The Balaban J connectivity index is 1.91. The van der Waals surface area contributed by atoms with Gasteiger partial charge < -0.3 is 10.2 Å². The predicted molar refractivity (Wildman–Crippen MR) is 112 cm³/mol. The summed E-state index contributed by atoms with van der Waals surface area (Å²) in [7, 11) is 0. The van der Waals surface area contributed by atoms with Gasteiger partial charge in [-0.15, -0.1) is 0 Å². The lowest BCUT2D eigenvalue weighted by atomic mass is 9.86. The predicted octanol–water partition coefficient (Wildman–Crippen LogP) is 5.45. The van der Waals surface area contributed by atoms with Crippen LogP contribution in [0.5, 0.6) is 5.75 Å². The van der Waals surface area contributed by atoms with E-state index >= 15 is 0 Å². The SMILES string of the molecule is Cc1cc(C=CC(=O)O)c(C)c(C)c1Cc1ccc(O)c(C2CCCCC2)n1. The standard InChI is InChI=1S/C24H29NO3/c1-15-13-19(9-12-23(27)28)16(2)17(3)21(15)14-20-10-11-22(26)24(25-20)18-7-5-4-6-8-18/h9-13,18,26H,4-8,14H2,1-3H3,(H,27,28). The fraction of sp³-hybridized carbons (Fsp3) is 0.417. The van der Waals surface area contributed by atoms with E-state index < -0.39 is 5.97 Å². The number of aromatic nitrogens is 1. The van der Waals surface area contributed by atoms with Gasteiger partial charge in [-0.05, 0) is 79.6 Å². The van der Waals surface area contributed by atoms with Crippen molar-refractivity contribution in [1.29, 1.82) is 0 Å². The summed E-state index contributed by atoms with van der Waals surface area (Å²) in [6.45, 7) is 6.16. The number of carboxylic acids is 1. The first-order valence-electron chi connectivity index (χ1n) is 10.1. The van der Waals surface area contributed by atoms with Crippen molar-refractivity contribution < 1.29 is 15.0 Å². The highest BCUT2D eigenvalue weighted by Gasteiger charge is 2.21. The van der Waals surface area contributed by atoms with Crippen molar-refractivity contribution in [3.05, 3.63) is 63.5 Å². The molecule has 2 aromatic rings. The third-order valence-electron chi connectivity index (χ3n) is 6.01. The number of pyridine rings is 1. The summed E-state index contributed by atoms with van der Waals surface area (Å²) in [6.07, 6.45) is 9.44. The number of benzene rings is 1. The first kappa shape index (κ1) is 20.1. The highest BCUT2D eigenvalue weighted by atomic mass is 16.4. The molecule has 1 saturated carbocycles. The third-order valence-corrected chi connectivity index (χ3v) is 6.01. The van der Waals surface area contributed by atoms with Crippen LogP contribution in [0.2, 0.25) is 0 Å². The van der Waals surface area contributed by atoms with Gasteiger partial charge in [-0.2, -0.15) is 0 Å². The molecule has 4 heteroatoms. The van der Waals surface area contributed by atoms with Gasteiger partial charge in [0.2, 0.25) is 0 Å². The average Bonchev–Trinajstić information content (AvgIpc) is 2.68. The second-order valence-corrected chi connectivity index (χ2v) is 7.90. The van der Waals surface area contributed by atoms with Gasteiger partial charge in [0, 0.05) is 24.1 Å². The van der Waals surface area contributed by atoms with Crippen molar-refractivity contribution in [3.8, 4) is 5.75 Å². The molecule has 0 spiro atoms. The third kappa shape index (κ3) is 4.44. The molecule has 2 N–H and O–H groups in total. The molecule has 1 aromatic heterocycles. The summed E-state index contributed by atoms with van der Waals surface area (Å²) in [5.74, 6) is -0.266. The minimum Gasteiger partial charge on any atom is -0.506 e. The van der Waals surface area contributed by atoms with Crippen LogP contribution < -0.4 is 0 Å². The van der Waals surface area contributed by atoms with Gasteiger partial charge in [0.1, 0.15) is 5.75 Å². The van der Waals surface area contributed by atoms with Crippen LogP contribution in [0.15, 0.2) is 24.3 Å². The highest BCUT2D eigenvalue weighted by Crippen LogP contribution is 2.36. The van der Waals surface area contributed by atoms with Crippen molar-refractivity contribution in [3.63, 3.8) is 0 Å². The zero-order chi connectivity index (χ0) is 20.3. The number of aryl methyl sites for hydroxylation is 1. The van der Waals surface area contributed by atoms with Gasteiger partial charge in [0.25, 0.3) is 0 Å². The van der Waals surface area contributed by atoms with Crippen LogP contribution in [0.4, 0.5) is 0 Å². The Morgan fingerprint density at radius 3 is 2.54 bits per heavy atom. The fourth-order valence-electron chi connectivity index (χ4n) is 4.24. The highest BCUT2D eigenvalue weighted by molar-refractivity contribution is 5.85. The topological polar surface area (TPSA) is 70.4 Å². The van der Waals surface area contributed by atoms with E-state index in [9.17, 15) is 9.90 Å². The molecule has 3 rings (SSSR count). The minimum absolute atomic E-state index is 0.314. The second-order valence-electron chi connectivity index (χ2n) is 7.90. The molecule has 148 valence electrons. The van der Waals surface area contributed by atoms with Gasteiger partial charge in [-0.1, -0.05) is 25.3 Å². The van der Waals surface area contributed by atoms with Gasteiger partial charge in [0.15, 0.2) is 0 Å². The van der Waals surface area contributed by atoms with Crippen LogP contribution in [-0.4, -0.2) is 21.2 Å². The molecular formula is C24H29NO3. The quantitative estimate of drug-likeness (QED) is 0.678. The van der Waals surface area contributed by atoms with E-state index in [1.54, 1.807) is 12.1 Å². The Hall–Kier alpha value is -2.62. The molecule has 0 unspecified atom stereocenters. The number of carboxylic acid groups (broad SMARTS) is 1. The van der Waals surface area contributed by atoms with Crippen LogP contribution in [0.3, 0.4) is 0 Å². The number of hydrogen-bond donors (Lipinski definition) is 2. The van der Waals surface area contributed by atoms with Crippen molar-refractivity contribution in [2.45, 2.75) is 65.2 Å². The number of aliphatic carboxylic acids is 1. The van der Waals surface area contributed by atoms with E-state index in [1.807, 2.05) is 19.1 Å². The van der Waals surface area contributed by atoms with Crippen molar-refractivity contribution >= 4 is 12.0 Å². The monoisotopic (exact) mass is 379 g/mol. The van der Waals surface area contributed by atoms with Crippen molar-refractivity contribution in [2.24, 2.45) is 0 Å². The smallest absolute Gasteiger partial charge is 0.328 e. The van der Waals surface area contributed by atoms with E-state index in [4.69, 9.17) is 10.1 Å². The Labute approximate surface area is 167 Å². The first-order chi connectivity index (χ1) is 13.4. The normalized spacial score (nSPS) is 15.2. The molecule has 1 aliphatic carbocycles. The lowest BCUT2D eigenvalue weighted by molar-refractivity contribution is -0.131. The second kappa shape index (κ2) is 8.59. The summed E-state index contributed by atoms with van der Waals surface area (Å²) in [5.41, 5.74) is 7.36. The largest absolute Gasteiger partial charge is 0.506 e. The molecule has 28 heavy (non-hydrogen) atoms. The number of nitrogens with zero attached hydrogens (tertiary/aromatic N) is 1. The van der Waals surface area contributed by atoms with Gasteiger partial charge in [-0.25, -0.2) is 4.79 Å². The van der Waals surface area contributed by atoms with E-state index in [0.717, 1.165) is 40.9 Å². The summed E-state index contributed by atoms with van der Waals surface area (Å²) in [5, 5.41) is 19.2. The molecule has 1 heterocycles. The molecular weight excluding hydrogens is 350 g/mol. The number of carbonyl (C=O) groups is 1. The van der Waals surface area contributed by atoms with Crippen LogP contribution >= 0.6 is 0 Å². The molecule has 0 atom stereocenters. The summed E-state index contributed by atoms with van der Waals surface area (Å²) < 4.78 is 0. The molecule has 0 aliphatic heterocycles. The lowest BCUT2D eigenvalue weighted by Gasteiger charge is -2.22. The molecule has 0 bridgehead atoms.